The lowest BCUT2D eigenvalue weighted by Gasteiger charge is -2.32. The van der Waals surface area contributed by atoms with Gasteiger partial charge in [0.2, 0.25) is 0 Å². The highest BCUT2D eigenvalue weighted by molar-refractivity contribution is 7.49. The summed E-state index contributed by atoms with van der Waals surface area (Å²) in [6, 6.07) is 6.33. The van der Waals surface area contributed by atoms with Crippen molar-refractivity contribution in [3.63, 3.8) is 0 Å². The van der Waals surface area contributed by atoms with Crippen LogP contribution in [0.3, 0.4) is 0 Å². The van der Waals surface area contributed by atoms with Gasteiger partial charge in [-0.05, 0) is 95.2 Å². The fourth-order valence-corrected chi connectivity index (χ4v) is 5.99. The lowest BCUT2D eigenvalue weighted by molar-refractivity contribution is 0.0168. The highest BCUT2D eigenvalue weighted by Crippen LogP contribution is 2.60. The van der Waals surface area contributed by atoms with Crippen molar-refractivity contribution >= 4 is 15.6 Å². The molecular formula is C22H40O8P2. The van der Waals surface area contributed by atoms with E-state index in [0.29, 0.717) is 0 Å². The minimum absolute atomic E-state index is 0.0135. The topological polar surface area (TPSA) is 89.5 Å². The molecule has 0 aliphatic rings. The predicted molar refractivity (Wildman–Crippen MR) is 126 cm³/mol. The van der Waals surface area contributed by atoms with E-state index in [1.807, 2.05) is 0 Å². The van der Waals surface area contributed by atoms with Crippen LogP contribution < -0.4 is 9.05 Å². The van der Waals surface area contributed by atoms with E-state index in [4.69, 9.17) is 27.1 Å². The quantitative estimate of drug-likeness (QED) is 0.337. The maximum atomic E-state index is 13.5. The molecule has 0 N–H and O–H groups in total. The average molecular weight is 495 g/mol. The molecule has 0 aliphatic carbocycles. The van der Waals surface area contributed by atoms with Crippen LogP contribution in [-0.4, -0.2) is 22.4 Å². The molecule has 186 valence electrons. The van der Waals surface area contributed by atoms with Gasteiger partial charge in [0, 0.05) is 0 Å². The van der Waals surface area contributed by atoms with E-state index in [9.17, 15) is 9.13 Å². The van der Waals surface area contributed by atoms with Gasteiger partial charge in [-0.25, -0.2) is 9.13 Å². The van der Waals surface area contributed by atoms with Gasteiger partial charge in [0.05, 0.1) is 22.4 Å². The third kappa shape index (κ3) is 11.8. The number of benzene rings is 1. The van der Waals surface area contributed by atoms with Crippen molar-refractivity contribution in [3.05, 3.63) is 24.3 Å². The van der Waals surface area contributed by atoms with Crippen molar-refractivity contribution in [1.82, 2.24) is 0 Å². The van der Waals surface area contributed by atoms with Crippen molar-refractivity contribution in [2.45, 2.75) is 105 Å². The number of phosphoric ester groups is 2. The molecule has 1 aromatic rings. The van der Waals surface area contributed by atoms with E-state index < -0.39 is 38.0 Å². The summed E-state index contributed by atoms with van der Waals surface area (Å²) in [6.45, 7) is 20.8. The Balaban J connectivity index is 3.39. The molecule has 0 saturated heterocycles. The van der Waals surface area contributed by atoms with Crippen LogP contribution >= 0.6 is 15.6 Å². The van der Waals surface area contributed by atoms with Gasteiger partial charge in [-0.15, -0.1) is 0 Å². The van der Waals surface area contributed by atoms with E-state index in [1.165, 1.54) is 12.1 Å². The maximum absolute atomic E-state index is 13.5. The molecule has 0 fully saturated rings. The summed E-state index contributed by atoms with van der Waals surface area (Å²) in [7, 11) is -8.22. The van der Waals surface area contributed by atoms with E-state index in [1.54, 1.807) is 95.2 Å². The minimum Gasteiger partial charge on any atom is -0.400 e. The van der Waals surface area contributed by atoms with Gasteiger partial charge in [0.25, 0.3) is 0 Å². The largest absolute Gasteiger partial charge is 0.531 e. The number of hydrogen-bond donors (Lipinski definition) is 0. The molecule has 0 aliphatic heterocycles. The summed E-state index contributed by atoms with van der Waals surface area (Å²) < 4.78 is 61.3. The lowest BCUT2D eigenvalue weighted by atomic mass is 10.2. The van der Waals surface area contributed by atoms with Gasteiger partial charge in [0.1, 0.15) is 0 Å². The molecule has 0 aromatic heterocycles. The third-order valence-electron chi connectivity index (χ3n) is 2.81. The van der Waals surface area contributed by atoms with Gasteiger partial charge in [-0.2, -0.15) is 0 Å². The fraction of sp³-hybridized carbons (Fsp3) is 0.727. The van der Waals surface area contributed by atoms with Crippen molar-refractivity contribution < 1.29 is 36.3 Å². The Labute approximate surface area is 193 Å². The van der Waals surface area contributed by atoms with Crippen LogP contribution in [0.2, 0.25) is 0 Å². The van der Waals surface area contributed by atoms with Gasteiger partial charge in [-0.1, -0.05) is 12.1 Å². The molecule has 0 heterocycles. The minimum atomic E-state index is -4.11. The molecule has 10 heteroatoms. The molecule has 1 rings (SSSR count). The normalized spacial score (nSPS) is 14.4. The Kier molecular flexibility index (Phi) is 8.90. The van der Waals surface area contributed by atoms with Gasteiger partial charge < -0.3 is 9.05 Å². The first-order valence-electron chi connectivity index (χ1n) is 10.5. The molecule has 1 aromatic carbocycles. The van der Waals surface area contributed by atoms with Gasteiger partial charge >= 0.3 is 15.6 Å². The molecule has 0 bridgehead atoms. The molecule has 8 nitrogen and oxygen atoms in total. The second-order valence-corrected chi connectivity index (χ2v) is 14.2. The summed E-state index contributed by atoms with van der Waals surface area (Å²) in [5.41, 5.74) is -3.29. The summed E-state index contributed by atoms with van der Waals surface area (Å²) in [5, 5.41) is 0. The Bertz CT molecular complexity index is 743. The molecule has 0 atom stereocenters. The number of para-hydroxylation sites is 2. The molecule has 32 heavy (non-hydrogen) atoms. The number of hydrogen-bond acceptors (Lipinski definition) is 8. The first kappa shape index (κ1) is 29.2. The standard InChI is InChI=1S/C22H40O8P2/c1-19(2,3)27-31(23,28-20(4,5)6)25-17-15-13-14-16-18(17)26-32(24,29-21(7,8)9)30-22(10,11)12/h13-16H,1-12H3. The Morgan fingerprint density at radius 3 is 0.906 bits per heavy atom. The van der Waals surface area contributed by atoms with Crippen LogP contribution in [0.15, 0.2) is 24.3 Å². The zero-order chi connectivity index (χ0) is 25.2. The first-order chi connectivity index (χ1) is 14.0. The van der Waals surface area contributed by atoms with E-state index in [-0.39, 0.29) is 11.5 Å². The van der Waals surface area contributed by atoms with Crippen LogP contribution in [0.5, 0.6) is 11.5 Å². The van der Waals surface area contributed by atoms with E-state index in [2.05, 4.69) is 0 Å². The van der Waals surface area contributed by atoms with Crippen LogP contribution in [-0.2, 0) is 27.2 Å². The monoisotopic (exact) mass is 494 g/mol. The third-order valence-corrected chi connectivity index (χ3v) is 6.74. The summed E-state index contributed by atoms with van der Waals surface area (Å²) >= 11 is 0. The second-order valence-electron chi connectivity index (χ2n) is 11.3. The van der Waals surface area contributed by atoms with Crippen molar-refractivity contribution in [2.75, 3.05) is 0 Å². The molecule has 0 saturated carbocycles. The highest BCUT2D eigenvalue weighted by Gasteiger charge is 2.42. The Morgan fingerprint density at radius 2 is 0.719 bits per heavy atom. The zero-order valence-corrected chi connectivity index (χ0v) is 23.3. The van der Waals surface area contributed by atoms with Gasteiger partial charge in [-0.3, -0.25) is 18.1 Å². The van der Waals surface area contributed by atoms with E-state index >= 15 is 0 Å². The molecule has 0 radical (unpaired) electrons. The first-order valence-corrected chi connectivity index (χ1v) is 13.4. The predicted octanol–water partition coefficient (Wildman–Crippen LogP) is 7.92. The van der Waals surface area contributed by atoms with Crippen molar-refractivity contribution in [3.8, 4) is 11.5 Å². The lowest BCUT2D eigenvalue weighted by Crippen LogP contribution is -2.26. The molecule has 0 unspecified atom stereocenters. The van der Waals surface area contributed by atoms with Crippen LogP contribution in [0.25, 0.3) is 0 Å². The second kappa shape index (κ2) is 9.77. The summed E-state index contributed by atoms with van der Waals surface area (Å²) in [6.07, 6.45) is 0. The maximum Gasteiger partial charge on any atom is 0.531 e. The van der Waals surface area contributed by atoms with E-state index in [0.717, 1.165) is 0 Å². The highest BCUT2D eigenvalue weighted by atomic mass is 31.2. The Morgan fingerprint density at radius 1 is 0.500 bits per heavy atom. The summed E-state index contributed by atoms with van der Waals surface area (Å²) in [4.78, 5) is 0. The summed E-state index contributed by atoms with van der Waals surface area (Å²) in [5.74, 6) is 0.0270. The average Bonchev–Trinajstić information content (AvgIpc) is 2.40. The number of phosphoric acid groups is 2. The zero-order valence-electron chi connectivity index (χ0n) is 21.5. The number of rotatable bonds is 8. The smallest absolute Gasteiger partial charge is 0.400 e. The molecule has 0 spiro atoms. The van der Waals surface area contributed by atoms with Crippen molar-refractivity contribution in [2.24, 2.45) is 0 Å². The fourth-order valence-electron chi connectivity index (χ4n) is 2.30. The SMILES string of the molecule is CC(C)(C)OP(=O)(Oc1ccccc1OP(=O)(OC(C)(C)C)OC(C)(C)C)OC(C)(C)C. The molecular weight excluding hydrogens is 454 g/mol. The van der Waals surface area contributed by atoms with Crippen LogP contribution in [0, 0.1) is 0 Å². The van der Waals surface area contributed by atoms with Gasteiger partial charge in [0.15, 0.2) is 11.5 Å². The molecule has 0 amide bonds. The Hall–Kier alpha value is -0.880. The van der Waals surface area contributed by atoms with Crippen molar-refractivity contribution in [1.29, 1.82) is 0 Å². The van der Waals surface area contributed by atoms with Crippen LogP contribution in [0.4, 0.5) is 0 Å². The van der Waals surface area contributed by atoms with Crippen LogP contribution in [0.1, 0.15) is 83.1 Å².